The molecular formula is C15H18O2. The predicted octanol–water partition coefficient (Wildman–Crippen LogP) is 2.63. The highest BCUT2D eigenvalue weighted by atomic mass is 16.5. The van der Waals surface area contributed by atoms with Crippen molar-refractivity contribution in [2.45, 2.75) is 19.4 Å². The molecule has 1 fully saturated rings. The van der Waals surface area contributed by atoms with Crippen molar-refractivity contribution in [2.24, 2.45) is 5.41 Å². The molecule has 0 unspecified atom stereocenters. The smallest absolute Gasteiger partial charge is 0.0717 e. The van der Waals surface area contributed by atoms with E-state index in [4.69, 9.17) is 15.9 Å². The van der Waals surface area contributed by atoms with Gasteiger partial charge in [-0.15, -0.1) is 6.42 Å². The summed E-state index contributed by atoms with van der Waals surface area (Å²) in [5.74, 6) is 2.90. The van der Waals surface area contributed by atoms with E-state index in [0.29, 0.717) is 13.2 Å². The Morgan fingerprint density at radius 2 is 1.94 bits per heavy atom. The summed E-state index contributed by atoms with van der Waals surface area (Å²) in [6.45, 7) is 2.75. The van der Waals surface area contributed by atoms with Gasteiger partial charge in [-0.3, -0.25) is 0 Å². The highest BCUT2D eigenvalue weighted by Gasteiger charge is 2.30. The molecule has 1 heterocycles. The second kappa shape index (κ2) is 5.86. The molecule has 0 amide bonds. The first-order valence-electron chi connectivity index (χ1n) is 6.02. The van der Waals surface area contributed by atoms with Crippen molar-refractivity contribution < 1.29 is 9.47 Å². The normalized spacial score (nSPS) is 18.5. The molecule has 2 rings (SSSR count). The van der Waals surface area contributed by atoms with Gasteiger partial charge in [0.1, 0.15) is 0 Å². The predicted molar refractivity (Wildman–Crippen MR) is 67.4 cm³/mol. The molecule has 0 spiro atoms. The van der Waals surface area contributed by atoms with Gasteiger partial charge in [0.2, 0.25) is 0 Å². The largest absolute Gasteiger partial charge is 0.381 e. The van der Waals surface area contributed by atoms with E-state index in [-0.39, 0.29) is 5.41 Å². The summed E-state index contributed by atoms with van der Waals surface area (Å²) in [5, 5.41) is 0. The zero-order chi connectivity index (χ0) is 12.0. The molecule has 17 heavy (non-hydrogen) atoms. The Bertz CT molecular complexity index is 372. The minimum absolute atomic E-state index is 0.118. The lowest BCUT2D eigenvalue weighted by molar-refractivity contribution is -0.0149. The quantitative estimate of drug-likeness (QED) is 0.740. The van der Waals surface area contributed by atoms with E-state index in [1.807, 2.05) is 18.2 Å². The molecule has 2 nitrogen and oxygen atoms in total. The van der Waals surface area contributed by atoms with Gasteiger partial charge in [-0.05, 0) is 18.4 Å². The zero-order valence-electron chi connectivity index (χ0n) is 10.0. The van der Waals surface area contributed by atoms with E-state index in [0.717, 1.165) is 26.1 Å². The van der Waals surface area contributed by atoms with Gasteiger partial charge in [-0.25, -0.2) is 0 Å². The third-order valence-electron chi connectivity index (χ3n) is 3.25. The number of rotatable bonds is 4. The molecule has 0 aromatic heterocycles. The first-order chi connectivity index (χ1) is 8.35. The Hall–Kier alpha value is -1.30. The molecule has 0 N–H and O–H groups in total. The van der Waals surface area contributed by atoms with Crippen LogP contribution in [0.5, 0.6) is 0 Å². The maximum atomic E-state index is 5.76. The summed E-state index contributed by atoms with van der Waals surface area (Å²) < 4.78 is 11.1. The minimum Gasteiger partial charge on any atom is -0.381 e. The van der Waals surface area contributed by atoms with E-state index in [2.05, 4.69) is 18.1 Å². The van der Waals surface area contributed by atoms with Crippen molar-refractivity contribution in [3.05, 3.63) is 35.9 Å². The second-order valence-corrected chi connectivity index (χ2v) is 4.52. The van der Waals surface area contributed by atoms with Crippen LogP contribution in [0.4, 0.5) is 0 Å². The monoisotopic (exact) mass is 230 g/mol. The lowest BCUT2D eigenvalue weighted by atomic mass is 9.82. The van der Waals surface area contributed by atoms with Crippen molar-refractivity contribution in [3.63, 3.8) is 0 Å². The molecular weight excluding hydrogens is 212 g/mol. The summed E-state index contributed by atoms with van der Waals surface area (Å²) >= 11 is 0. The maximum absolute atomic E-state index is 5.76. The summed E-state index contributed by atoms with van der Waals surface area (Å²) in [4.78, 5) is 0. The van der Waals surface area contributed by atoms with Gasteiger partial charge in [-0.1, -0.05) is 36.3 Å². The highest BCUT2D eigenvalue weighted by Crippen LogP contribution is 2.30. The average Bonchev–Trinajstić information content (AvgIpc) is 2.41. The Balaban J connectivity index is 1.83. The Morgan fingerprint density at radius 3 is 2.59 bits per heavy atom. The van der Waals surface area contributed by atoms with E-state index in [9.17, 15) is 0 Å². The summed E-state index contributed by atoms with van der Waals surface area (Å²) in [6, 6.07) is 10.2. The van der Waals surface area contributed by atoms with Crippen LogP contribution in [-0.2, 0) is 16.1 Å². The van der Waals surface area contributed by atoms with Crippen LogP contribution in [0.1, 0.15) is 18.4 Å². The number of ether oxygens (including phenoxy) is 2. The van der Waals surface area contributed by atoms with Crippen LogP contribution in [0, 0.1) is 17.8 Å². The molecule has 1 aliphatic heterocycles. The Kier molecular flexibility index (Phi) is 4.19. The third kappa shape index (κ3) is 3.33. The van der Waals surface area contributed by atoms with Gasteiger partial charge in [0.05, 0.1) is 18.6 Å². The standard InChI is InChI=1S/C15H18O2/c1-2-15(8-10-16-11-9-15)13-17-12-14-6-4-3-5-7-14/h1,3-7H,8-13H2. The highest BCUT2D eigenvalue weighted by molar-refractivity contribution is 5.13. The van der Waals surface area contributed by atoms with Crippen molar-refractivity contribution in [1.82, 2.24) is 0 Å². The molecule has 0 saturated carbocycles. The average molecular weight is 230 g/mol. The lowest BCUT2D eigenvalue weighted by Gasteiger charge is -2.32. The van der Waals surface area contributed by atoms with E-state index >= 15 is 0 Å². The minimum atomic E-state index is -0.118. The molecule has 2 heteroatoms. The fourth-order valence-corrected chi connectivity index (χ4v) is 2.03. The van der Waals surface area contributed by atoms with Crippen LogP contribution < -0.4 is 0 Å². The molecule has 0 radical (unpaired) electrons. The number of hydrogen-bond acceptors (Lipinski definition) is 2. The number of terminal acetylenes is 1. The lowest BCUT2D eigenvalue weighted by Crippen LogP contribution is -2.32. The molecule has 0 bridgehead atoms. The van der Waals surface area contributed by atoms with E-state index < -0.39 is 0 Å². The van der Waals surface area contributed by atoms with E-state index in [1.54, 1.807) is 0 Å². The van der Waals surface area contributed by atoms with Crippen LogP contribution in [0.2, 0.25) is 0 Å². The van der Waals surface area contributed by atoms with Crippen LogP contribution in [0.15, 0.2) is 30.3 Å². The molecule has 90 valence electrons. The van der Waals surface area contributed by atoms with Crippen molar-refractivity contribution in [1.29, 1.82) is 0 Å². The maximum Gasteiger partial charge on any atom is 0.0717 e. The Morgan fingerprint density at radius 1 is 1.24 bits per heavy atom. The first-order valence-corrected chi connectivity index (χ1v) is 6.02. The number of benzene rings is 1. The van der Waals surface area contributed by atoms with Crippen molar-refractivity contribution in [2.75, 3.05) is 19.8 Å². The van der Waals surface area contributed by atoms with Crippen molar-refractivity contribution >= 4 is 0 Å². The number of hydrogen-bond donors (Lipinski definition) is 0. The third-order valence-corrected chi connectivity index (χ3v) is 3.25. The van der Waals surface area contributed by atoms with Crippen LogP contribution in [0.3, 0.4) is 0 Å². The van der Waals surface area contributed by atoms with Crippen LogP contribution in [0.25, 0.3) is 0 Å². The fourth-order valence-electron chi connectivity index (χ4n) is 2.03. The molecule has 0 aliphatic carbocycles. The van der Waals surface area contributed by atoms with E-state index in [1.165, 1.54) is 5.56 Å². The molecule has 0 atom stereocenters. The van der Waals surface area contributed by atoms with Gasteiger partial charge in [0, 0.05) is 13.2 Å². The van der Waals surface area contributed by atoms with Crippen LogP contribution in [-0.4, -0.2) is 19.8 Å². The van der Waals surface area contributed by atoms with Gasteiger partial charge >= 0.3 is 0 Å². The summed E-state index contributed by atoms with van der Waals surface area (Å²) in [5.41, 5.74) is 1.07. The molecule has 1 saturated heterocycles. The fraction of sp³-hybridized carbons (Fsp3) is 0.467. The summed E-state index contributed by atoms with van der Waals surface area (Å²) in [6.07, 6.45) is 7.43. The second-order valence-electron chi connectivity index (χ2n) is 4.52. The van der Waals surface area contributed by atoms with Crippen molar-refractivity contribution in [3.8, 4) is 12.3 Å². The molecule has 1 aromatic rings. The summed E-state index contributed by atoms with van der Waals surface area (Å²) in [7, 11) is 0. The van der Waals surface area contributed by atoms with Gasteiger partial charge < -0.3 is 9.47 Å². The molecule has 1 aliphatic rings. The zero-order valence-corrected chi connectivity index (χ0v) is 10.0. The first kappa shape index (κ1) is 12.2. The Labute approximate surface area is 103 Å². The van der Waals surface area contributed by atoms with Gasteiger partial charge in [0.25, 0.3) is 0 Å². The SMILES string of the molecule is C#CC1(COCc2ccccc2)CCOCC1. The molecule has 1 aromatic carbocycles. The topological polar surface area (TPSA) is 18.5 Å². The van der Waals surface area contributed by atoms with Gasteiger partial charge in [-0.2, -0.15) is 0 Å². The van der Waals surface area contributed by atoms with Crippen LogP contribution >= 0.6 is 0 Å². The van der Waals surface area contributed by atoms with Gasteiger partial charge in [0.15, 0.2) is 0 Å².